The van der Waals surface area contributed by atoms with Gasteiger partial charge in [-0.1, -0.05) is 74.5 Å². The number of benzene rings is 2. The molecule has 0 aliphatic heterocycles. The number of carboxylic acids is 1. The molecule has 0 aliphatic rings. The molecule has 0 spiro atoms. The van der Waals surface area contributed by atoms with Crippen LogP contribution in [0.3, 0.4) is 0 Å². The second-order valence-corrected chi connectivity index (χ2v) is 12.4. The fraction of sp³-hybridized carbons (Fsp3) is 0.486. The number of rotatable bonds is 22. The van der Waals surface area contributed by atoms with Gasteiger partial charge >= 0.3 is 5.97 Å². The van der Waals surface area contributed by atoms with Crippen LogP contribution >= 0.6 is 0 Å². The number of aliphatic hydroxyl groups is 1. The molecule has 0 saturated heterocycles. The number of hydrogen-bond acceptors (Lipinski definition) is 9. The molecule has 15 heteroatoms. The molecular formula is C35H51N7O8. The van der Waals surface area contributed by atoms with E-state index in [0.29, 0.717) is 30.5 Å². The molecular weight excluding hydrogens is 646 g/mol. The summed E-state index contributed by atoms with van der Waals surface area (Å²) >= 11 is 0. The second-order valence-electron chi connectivity index (χ2n) is 12.4. The molecule has 0 bridgehead atoms. The zero-order chi connectivity index (χ0) is 37.1. The van der Waals surface area contributed by atoms with Crippen LogP contribution in [0.1, 0.15) is 50.7 Å². The predicted octanol–water partition coefficient (Wildman–Crippen LogP) is -0.893. The summed E-state index contributed by atoms with van der Waals surface area (Å²) in [6, 6.07) is 11.8. The lowest BCUT2D eigenvalue weighted by atomic mass is 10.0. The SMILES string of the molecule is CC(C)C[C@H](NC(=O)[C@H](CCCCN)NC(=O)[C@@H](N)CO)C(=O)NCC(=O)N[C@@H](Cc1ccccc1)C(=O)N[C@@H](Cc1ccccc1)C(=O)O. The summed E-state index contributed by atoms with van der Waals surface area (Å²) in [6.45, 7) is 2.89. The standard InChI is InChI=1S/C35H51N7O8/c1-22(2)17-27(41-33(47)26(15-9-10-16-36)40-31(45)25(37)21-43)32(46)38-20-30(44)39-28(18-23-11-5-3-6-12-23)34(48)42-29(35(49)50)19-24-13-7-4-8-14-24/h3-8,11-14,22,25-29,43H,9-10,15-21,36-37H2,1-2H3,(H,38,46)(H,39,44)(H,40,45)(H,41,47)(H,42,48)(H,49,50)/t25-,26-,27-,28-,29-/m0/s1. The number of carboxylic acid groups (broad SMARTS) is 1. The first kappa shape index (κ1) is 41.3. The van der Waals surface area contributed by atoms with Crippen molar-refractivity contribution < 1.29 is 39.0 Å². The lowest BCUT2D eigenvalue weighted by Crippen LogP contribution is -2.57. The van der Waals surface area contributed by atoms with Crippen molar-refractivity contribution in [3.8, 4) is 0 Å². The zero-order valence-electron chi connectivity index (χ0n) is 28.6. The number of carbonyl (C=O) groups excluding carboxylic acids is 5. The Kier molecular flexibility index (Phi) is 18.2. The summed E-state index contributed by atoms with van der Waals surface area (Å²) in [5.41, 5.74) is 12.6. The Labute approximate surface area is 292 Å². The van der Waals surface area contributed by atoms with Crippen LogP contribution in [-0.2, 0) is 41.6 Å². The maximum atomic E-state index is 13.4. The Balaban J connectivity index is 2.13. The third-order valence-electron chi connectivity index (χ3n) is 7.71. The Morgan fingerprint density at radius 1 is 0.680 bits per heavy atom. The van der Waals surface area contributed by atoms with Gasteiger partial charge in [-0.25, -0.2) is 4.79 Å². The van der Waals surface area contributed by atoms with Crippen LogP contribution in [0, 0.1) is 5.92 Å². The normalized spacial score (nSPS) is 14.0. The first-order valence-electron chi connectivity index (χ1n) is 16.7. The van der Waals surface area contributed by atoms with Crippen LogP contribution in [0.2, 0.25) is 0 Å². The van der Waals surface area contributed by atoms with Gasteiger partial charge in [-0.2, -0.15) is 0 Å². The molecule has 0 fully saturated rings. The van der Waals surface area contributed by atoms with Crippen LogP contribution in [0.25, 0.3) is 0 Å². The van der Waals surface area contributed by atoms with Gasteiger partial charge in [0.15, 0.2) is 0 Å². The molecule has 5 amide bonds. The van der Waals surface area contributed by atoms with Crippen LogP contribution in [0.5, 0.6) is 0 Å². The van der Waals surface area contributed by atoms with Crippen molar-refractivity contribution in [2.24, 2.45) is 17.4 Å². The lowest BCUT2D eigenvalue weighted by molar-refractivity contribution is -0.142. The highest BCUT2D eigenvalue weighted by Gasteiger charge is 2.30. The van der Waals surface area contributed by atoms with Crippen molar-refractivity contribution in [3.05, 3.63) is 71.8 Å². The summed E-state index contributed by atoms with van der Waals surface area (Å²) in [5.74, 6) is -4.77. The maximum Gasteiger partial charge on any atom is 0.326 e. The third-order valence-corrected chi connectivity index (χ3v) is 7.71. The highest BCUT2D eigenvalue weighted by molar-refractivity contribution is 5.95. The average molecular weight is 698 g/mol. The zero-order valence-corrected chi connectivity index (χ0v) is 28.6. The molecule has 15 nitrogen and oxygen atoms in total. The Morgan fingerprint density at radius 3 is 1.72 bits per heavy atom. The first-order valence-corrected chi connectivity index (χ1v) is 16.7. The van der Waals surface area contributed by atoms with Crippen molar-refractivity contribution >= 4 is 35.5 Å². The molecule has 2 aromatic carbocycles. The van der Waals surface area contributed by atoms with E-state index >= 15 is 0 Å². The van der Waals surface area contributed by atoms with E-state index in [-0.39, 0.29) is 31.6 Å². The Bertz CT molecular complexity index is 1390. The molecule has 11 N–H and O–H groups in total. The van der Waals surface area contributed by atoms with Gasteiger partial charge in [0.2, 0.25) is 29.5 Å². The molecule has 50 heavy (non-hydrogen) atoms. The minimum Gasteiger partial charge on any atom is -0.480 e. The molecule has 0 saturated carbocycles. The van der Waals surface area contributed by atoms with Crippen LogP contribution < -0.4 is 38.1 Å². The summed E-state index contributed by atoms with van der Waals surface area (Å²) in [6.07, 6.45) is 1.58. The highest BCUT2D eigenvalue weighted by atomic mass is 16.4. The van der Waals surface area contributed by atoms with E-state index in [2.05, 4.69) is 26.6 Å². The fourth-order valence-electron chi connectivity index (χ4n) is 5.02. The average Bonchev–Trinajstić information content (AvgIpc) is 3.09. The number of amides is 5. The van der Waals surface area contributed by atoms with Gasteiger partial charge in [0, 0.05) is 12.8 Å². The van der Waals surface area contributed by atoms with Crippen molar-refractivity contribution in [1.82, 2.24) is 26.6 Å². The van der Waals surface area contributed by atoms with Gasteiger partial charge < -0.3 is 48.3 Å². The second kappa shape index (κ2) is 22.0. The number of aliphatic carboxylic acids is 1. The highest BCUT2D eigenvalue weighted by Crippen LogP contribution is 2.09. The number of aliphatic hydroxyl groups excluding tert-OH is 1. The van der Waals surface area contributed by atoms with Gasteiger partial charge in [0.05, 0.1) is 13.2 Å². The van der Waals surface area contributed by atoms with Crippen molar-refractivity contribution in [2.45, 2.75) is 82.6 Å². The molecule has 5 atom stereocenters. The topological polar surface area (TPSA) is 255 Å². The molecule has 0 unspecified atom stereocenters. The van der Waals surface area contributed by atoms with Crippen LogP contribution in [0.15, 0.2) is 60.7 Å². The molecule has 274 valence electrons. The Hall–Kier alpha value is -4.86. The molecule has 0 aromatic heterocycles. The predicted molar refractivity (Wildman–Crippen MR) is 186 cm³/mol. The third kappa shape index (κ3) is 15.1. The summed E-state index contributed by atoms with van der Waals surface area (Å²) < 4.78 is 0. The van der Waals surface area contributed by atoms with Crippen molar-refractivity contribution in [1.29, 1.82) is 0 Å². The number of hydrogen-bond donors (Lipinski definition) is 9. The van der Waals surface area contributed by atoms with E-state index in [9.17, 15) is 39.0 Å². The maximum absolute atomic E-state index is 13.4. The van der Waals surface area contributed by atoms with E-state index in [1.807, 2.05) is 13.8 Å². The minimum absolute atomic E-state index is 0.0265. The summed E-state index contributed by atoms with van der Waals surface area (Å²) in [5, 5.41) is 31.8. The minimum atomic E-state index is -1.26. The summed E-state index contributed by atoms with van der Waals surface area (Å²) in [4.78, 5) is 77.4. The van der Waals surface area contributed by atoms with E-state index in [4.69, 9.17) is 11.5 Å². The summed E-state index contributed by atoms with van der Waals surface area (Å²) in [7, 11) is 0. The van der Waals surface area contributed by atoms with Crippen molar-refractivity contribution in [2.75, 3.05) is 19.7 Å². The largest absolute Gasteiger partial charge is 0.480 e. The van der Waals surface area contributed by atoms with Gasteiger partial charge in [0.1, 0.15) is 30.2 Å². The van der Waals surface area contributed by atoms with Crippen LogP contribution in [-0.4, -0.2) is 95.6 Å². The molecule has 2 aromatic rings. The molecule has 0 heterocycles. The van der Waals surface area contributed by atoms with Crippen molar-refractivity contribution in [3.63, 3.8) is 0 Å². The lowest BCUT2D eigenvalue weighted by Gasteiger charge is -2.25. The van der Waals surface area contributed by atoms with E-state index < -0.39 is 78.9 Å². The smallest absolute Gasteiger partial charge is 0.326 e. The number of carbonyl (C=O) groups is 6. The molecule has 0 aliphatic carbocycles. The monoisotopic (exact) mass is 697 g/mol. The first-order chi connectivity index (χ1) is 23.8. The number of nitrogens with one attached hydrogen (secondary N) is 5. The van der Waals surface area contributed by atoms with Gasteiger partial charge in [0.25, 0.3) is 0 Å². The fourth-order valence-corrected chi connectivity index (χ4v) is 5.02. The Morgan fingerprint density at radius 2 is 1.20 bits per heavy atom. The van der Waals surface area contributed by atoms with E-state index in [1.54, 1.807) is 60.7 Å². The van der Waals surface area contributed by atoms with E-state index in [1.165, 1.54) is 0 Å². The van der Waals surface area contributed by atoms with Crippen LogP contribution in [0.4, 0.5) is 0 Å². The van der Waals surface area contributed by atoms with E-state index in [0.717, 1.165) is 0 Å². The molecule has 2 rings (SSSR count). The van der Waals surface area contributed by atoms with Gasteiger partial charge in [-0.15, -0.1) is 0 Å². The van der Waals surface area contributed by atoms with Gasteiger partial charge in [-0.05, 0) is 49.3 Å². The molecule has 0 radical (unpaired) electrons. The number of nitrogens with two attached hydrogens (primary N) is 2. The number of unbranched alkanes of at least 4 members (excludes halogenated alkanes) is 1. The quantitative estimate of drug-likeness (QED) is 0.0686. The van der Waals surface area contributed by atoms with Gasteiger partial charge in [-0.3, -0.25) is 24.0 Å².